The molecule has 1 amide bonds. The Hall–Kier alpha value is -3.21. The molecule has 3 aromatic heterocycles. The van der Waals surface area contributed by atoms with Crippen LogP contribution in [0.3, 0.4) is 0 Å². The summed E-state index contributed by atoms with van der Waals surface area (Å²) in [5, 5.41) is 7.82. The minimum absolute atomic E-state index is 0.0904. The van der Waals surface area contributed by atoms with Crippen molar-refractivity contribution in [2.45, 2.75) is 38.0 Å². The van der Waals surface area contributed by atoms with E-state index in [4.69, 9.17) is 0 Å². The van der Waals surface area contributed by atoms with Gasteiger partial charge in [-0.25, -0.2) is 14.5 Å². The number of aromatic nitrogens is 6. The first-order valence-electron chi connectivity index (χ1n) is 9.91. The van der Waals surface area contributed by atoms with E-state index in [0.717, 1.165) is 5.69 Å². The van der Waals surface area contributed by atoms with E-state index in [1.165, 1.54) is 21.0 Å². The fourth-order valence-corrected chi connectivity index (χ4v) is 4.64. The summed E-state index contributed by atoms with van der Waals surface area (Å²) in [5.74, 6) is 0.914. The maximum Gasteiger partial charge on any atom is 0.346 e. The summed E-state index contributed by atoms with van der Waals surface area (Å²) < 4.78 is 4.36. The van der Waals surface area contributed by atoms with Gasteiger partial charge in [0.2, 0.25) is 5.91 Å². The summed E-state index contributed by atoms with van der Waals surface area (Å²) >= 11 is 1.49. The smallest absolute Gasteiger partial charge is 0.346 e. The van der Waals surface area contributed by atoms with Crippen LogP contribution in [0, 0.1) is 13.8 Å². The molecule has 4 heterocycles. The Kier molecular flexibility index (Phi) is 5.77. The van der Waals surface area contributed by atoms with Crippen molar-refractivity contribution in [2.24, 2.45) is 7.05 Å². The number of rotatable bonds is 6. The van der Waals surface area contributed by atoms with Crippen LogP contribution in [-0.2, 0) is 18.4 Å². The maximum atomic E-state index is 12.6. The minimum Gasteiger partial charge on any atom is -0.354 e. The van der Waals surface area contributed by atoms with Crippen LogP contribution in [0.4, 0.5) is 0 Å². The Morgan fingerprint density at radius 3 is 2.84 bits per heavy atom. The second-order valence-corrected chi connectivity index (χ2v) is 8.39. The van der Waals surface area contributed by atoms with E-state index in [0.29, 0.717) is 28.0 Å². The van der Waals surface area contributed by atoms with Crippen LogP contribution < -0.4 is 16.6 Å². The van der Waals surface area contributed by atoms with Gasteiger partial charge in [0.15, 0.2) is 11.0 Å². The van der Waals surface area contributed by atoms with Crippen molar-refractivity contribution in [2.75, 3.05) is 12.3 Å². The van der Waals surface area contributed by atoms with Gasteiger partial charge >= 0.3 is 5.69 Å². The highest BCUT2D eigenvalue weighted by Gasteiger charge is 2.28. The Bertz CT molecular complexity index is 1250. The monoisotopic (exact) mass is 441 g/mol. The number of amides is 1. The molecule has 31 heavy (non-hydrogen) atoms. The SMILES string of the molecule is Cc1nc2n(c(=O)c1C)C(CC(=O)NCCn1nc(-c3ccccn3)n(C)c1=O)CS2. The van der Waals surface area contributed by atoms with Crippen LogP contribution >= 0.6 is 11.8 Å². The van der Waals surface area contributed by atoms with Crippen LogP contribution in [0.15, 0.2) is 39.1 Å². The molecule has 0 aromatic carbocycles. The number of aryl methyl sites for hydroxylation is 1. The van der Waals surface area contributed by atoms with Gasteiger partial charge < -0.3 is 5.32 Å². The molecule has 3 aromatic rings. The van der Waals surface area contributed by atoms with E-state index in [2.05, 4.69) is 20.4 Å². The third kappa shape index (κ3) is 4.05. The predicted molar refractivity (Wildman–Crippen MR) is 116 cm³/mol. The zero-order valence-electron chi connectivity index (χ0n) is 17.5. The normalized spacial score (nSPS) is 15.1. The van der Waals surface area contributed by atoms with E-state index in [1.54, 1.807) is 36.9 Å². The second-order valence-electron chi connectivity index (χ2n) is 7.40. The summed E-state index contributed by atoms with van der Waals surface area (Å²) in [5.41, 5.74) is 1.56. The summed E-state index contributed by atoms with van der Waals surface area (Å²) in [6.45, 7) is 4.06. The lowest BCUT2D eigenvalue weighted by atomic mass is 10.2. The van der Waals surface area contributed by atoms with Gasteiger partial charge in [-0.15, -0.1) is 5.10 Å². The Morgan fingerprint density at radius 2 is 2.10 bits per heavy atom. The van der Waals surface area contributed by atoms with Gasteiger partial charge in [0.1, 0.15) is 5.69 Å². The van der Waals surface area contributed by atoms with Gasteiger partial charge in [0, 0.05) is 43.2 Å². The molecule has 4 rings (SSSR count). The number of thioether (sulfide) groups is 1. The summed E-state index contributed by atoms with van der Waals surface area (Å²) in [6, 6.07) is 5.18. The summed E-state index contributed by atoms with van der Waals surface area (Å²) in [7, 11) is 1.64. The molecule has 0 aliphatic carbocycles. The highest BCUT2D eigenvalue weighted by atomic mass is 32.2. The van der Waals surface area contributed by atoms with Gasteiger partial charge in [-0.3, -0.25) is 23.7 Å². The summed E-state index contributed by atoms with van der Waals surface area (Å²) in [6.07, 6.45) is 1.82. The highest BCUT2D eigenvalue weighted by molar-refractivity contribution is 7.99. The third-order valence-corrected chi connectivity index (χ3v) is 6.42. The number of hydrogen-bond donors (Lipinski definition) is 1. The second kappa shape index (κ2) is 8.50. The Morgan fingerprint density at radius 1 is 1.29 bits per heavy atom. The number of nitrogens with zero attached hydrogens (tertiary/aromatic N) is 6. The predicted octanol–water partition coefficient (Wildman–Crippen LogP) is 0.671. The molecule has 1 atom stereocenters. The van der Waals surface area contributed by atoms with Crippen LogP contribution in [0.5, 0.6) is 0 Å². The van der Waals surface area contributed by atoms with Crippen molar-refractivity contribution < 1.29 is 4.79 Å². The number of hydrogen-bond acceptors (Lipinski definition) is 7. The van der Waals surface area contributed by atoms with Crippen molar-refractivity contribution in [1.82, 2.24) is 34.2 Å². The standard InChI is InChI=1S/C20H23N7O3S/c1-12-13(2)23-19-27(18(12)29)14(11-31-19)10-16(28)22-8-9-26-20(30)25(3)17(24-26)15-6-4-5-7-21-15/h4-7,14H,8-11H2,1-3H3,(H,22,28). The van der Waals surface area contributed by atoms with Gasteiger partial charge in [-0.1, -0.05) is 17.8 Å². The molecule has 162 valence electrons. The molecular formula is C20H23N7O3S. The van der Waals surface area contributed by atoms with E-state index in [9.17, 15) is 14.4 Å². The van der Waals surface area contributed by atoms with Crippen molar-refractivity contribution in [3.05, 3.63) is 56.5 Å². The lowest BCUT2D eigenvalue weighted by molar-refractivity contribution is -0.121. The molecule has 0 spiro atoms. The molecule has 1 aliphatic rings. The van der Waals surface area contributed by atoms with E-state index in [-0.39, 0.29) is 42.7 Å². The first kappa shape index (κ1) is 21.0. The molecule has 0 saturated carbocycles. The Balaban J connectivity index is 1.38. The average Bonchev–Trinajstić information content (AvgIpc) is 3.28. The molecule has 0 fully saturated rings. The lowest BCUT2D eigenvalue weighted by Crippen LogP contribution is -2.34. The number of carbonyl (C=O) groups excluding carboxylic acids is 1. The van der Waals surface area contributed by atoms with Gasteiger partial charge in [0.05, 0.1) is 12.6 Å². The van der Waals surface area contributed by atoms with Gasteiger partial charge in [-0.2, -0.15) is 0 Å². The number of nitrogens with one attached hydrogen (secondary N) is 1. The van der Waals surface area contributed by atoms with Crippen LogP contribution in [0.25, 0.3) is 11.5 Å². The summed E-state index contributed by atoms with van der Waals surface area (Å²) in [4.78, 5) is 46.2. The molecule has 1 aliphatic heterocycles. The third-order valence-electron chi connectivity index (χ3n) is 5.32. The van der Waals surface area contributed by atoms with Gasteiger partial charge in [0.25, 0.3) is 5.56 Å². The molecule has 0 bridgehead atoms. The van der Waals surface area contributed by atoms with Crippen LogP contribution in [0.1, 0.15) is 23.7 Å². The van der Waals surface area contributed by atoms with E-state index >= 15 is 0 Å². The van der Waals surface area contributed by atoms with Crippen molar-refractivity contribution >= 4 is 17.7 Å². The lowest BCUT2D eigenvalue weighted by Gasteiger charge is -2.14. The largest absolute Gasteiger partial charge is 0.354 e. The van der Waals surface area contributed by atoms with Gasteiger partial charge in [-0.05, 0) is 26.0 Å². The number of carbonyl (C=O) groups is 1. The molecular weight excluding hydrogens is 418 g/mol. The fraction of sp³-hybridized carbons (Fsp3) is 0.400. The van der Waals surface area contributed by atoms with Crippen molar-refractivity contribution in [3.63, 3.8) is 0 Å². The zero-order valence-corrected chi connectivity index (χ0v) is 18.3. The molecule has 0 radical (unpaired) electrons. The van der Waals surface area contributed by atoms with E-state index in [1.807, 2.05) is 13.0 Å². The molecule has 1 N–H and O–H groups in total. The molecule has 10 nitrogen and oxygen atoms in total. The van der Waals surface area contributed by atoms with Crippen LogP contribution in [0.2, 0.25) is 0 Å². The fourth-order valence-electron chi connectivity index (χ4n) is 3.46. The quantitative estimate of drug-likeness (QED) is 0.559. The van der Waals surface area contributed by atoms with Crippen molar-refractivity contribution in [3.8, 4) is 11.5 Å². The Labute approximate surface area is 182 Å². The van der Waals surface area contributed by atoms with Crippen molar-refractivity contribution in [1.29, 1.82) is 0 Å². The topological polar surface area (TPSA) is 117 Å². The van der Waals surface area contributed by atoms with E-state index < -0.39 is 0 Å². The minimum atomic E-state index is -0.278. The maximum absolute atomic E-state index is 12.6. The van der Waals surface area contributed by atoms with Crippen LogP contribution in [-0.4, -0.2) is 47.1 Å². The number of pyridine rings is 1. The first-order valence-corrected chi connectivity index (χ1v) is 10.9. The molecule has 11 heteroatoms. The molecule has 0 saturated heterocycles. The highest BCUT2D eigenvalue weighted by Crippen LogP contribution is 2.32. The number of fused-ring (bicyclic) bond motifs is 1. The average molecular weight is 442 g/mol. The zero-order chi connectivity index (χ0) is 22.1. The molecule has 1 unspecified atom stereocenters. The first-order chi connectivity index (χ1) is 14.9.